The van der Waals surface area contributed by atoms with E-state index in [1.54, 1.807) is 0 Å². The minimum atomic E-state index is -3.21. The van der Waals surface area contributed by atoms with Crippen LogP contribution in [-0.4, -0.2) is 33.5 Å². The van der Waals surface area contributed by atoms with Crippen LogP contribution in [0.2, 0.25) is 0 Å². The lowest BCUT2D eigenvalue weighted by molar-refractivity contribution is 0.0256. The second kappa shape index (κ2) is 9.23. The summed E-state index contributed by atoms with van der Waals surface area (Å²) in [7, 11) is -3.21. The fourth-order valence-corrected chi connectivity index (χ4v) is 4.16. The van der Waals surface area contributed by atoms with Gasteiger partial charge in [-0.05, 0) is 48.6 Å². The summed E-state index contributed by atoms with van der Waals surface area (Å²) >= 11 is 0. The van der Waals surface area contributed by atoms with Crippen LogP contribution in [0.3, 0.4) is 0 Å². The fraction of sp³-hybridized carbons (Fsp3) is 0.409. The van der Waals surface area contributed by atoms with Crippen LogP contribution in [0, 0.1) is 0 Å². The Morgan fingerprint density at radius 1 is 1.15 bits per heavy atom. The summed E-state index contributed by atoms with van der Waals surface area (Å²) in [6.07, 6.45) is 9.42. The number of allylic oxidation sites excluding steroid dienone is 5. The number of ether oxygens (including phenoxy) is 2. The Labute approximate surface area is 161 Å². The van der Waals surface area contributed by atoms with Gasteiger partial charge in [0.05, 0.1) is 24.4 Å². The van der Waals surface area contributed by atoms with E-state index < -0.39 is 9.84 Å². The molecule has 2 aliphatic rings. The zero-order chi connectivity index (χ0) is 19.1. The van der Waals surface area contributed by atoms with Crippen LogP contribution in [0.25, 0.3) is 5.57 Å². The van der Waals surface area contributed by atoms with E-state index in [1.165, 1.54) is 5.41 Å². The Balaban J connectivity index is 1.84. The molecule has 0 atom stereocenters. The molecule has 0 unspecified atom stereocenters. The molecule has 5 heteroatoms. The quantitative estimate of drug-likeness (QED) is 0.720. The summed E-state index contributed by atoms with van der Waals surface area (Å²) in [6.45, 7) is 3.39. The van der Waals surface area contributed by atoms with Gasteiger partial charge in [0.15, 0.2) is 9.84 Å². The van der Waals surface area contributed by atoms with Gasteiger partial charge in [0.25, 0.3) is 0 Å². The Morgan fingerprint density at radius 2 is 1.89 bits per heavy atom. The number of hydrogen-bond acceptors (Lipinski definition) is 4. The molecule has 1 aromatic rings. The Morgan fingerprint density at radius 3 is 2.63 bits per heavy atom. The monoisotopic (exact) mass is 386 g/mol. The van der Waals surface area contributed by atoms with Gasteiger partial charge in [0, 0.05) is 12.8 Å². The van der Waals surface area contributed by atoms with Gasteiger partial charge in [-0.3, -0.25) is 0 Å². The van der Waals surface area contributed by atoms with Crippen LogP contribution in [0.1, 0.15) is 38.2 Å². The van der Waals surface area contributed by atoms with Crippen LogP contribution >= 0.6 is 0 Å². The molecule has 1 saturated heterocycles. The van der Waals surface area contributed by atoms with Gasteiger partial charge in [-0.2, -0.15) is 0 Å². The predicted molar refractivity (Wildman–Crippen MR) is 108 cm³/mol. The van der Waals surface area contributed by atoms with E-state index in [0.717, 1.165) is 54.9 Å². The highest BCUT2D eigenvalue weighted by Crippen LogP contribution is 2.26. The average Bonchev–Trinajstić information content (AvgIpc) is 2.69. The molecular formula is C22H26O4S. The molecule has 0 spiro atoms. The summed E-state index contributed by atoms with van der Waals surface area (Å²) in [4.78, 5) is 0. The van der Waals surface area contributed by atoms with Gasteiger partial charge in [0.1, 0.15) is 11.9 Å². The van der Waals surface area contributed by atoms with Gasteiger partial charge in [-0.1, -0.05) is 30.4 Å². The number of hydrogen-bond donors (Lipinski definition) is 0. The first kappa shape index (κ1) is 19.7. The van der Waals surface area contributed by atoms with Crippen molar-refractivity contribution in [2.75, 3.05) is 19.0 Å². The van der Waals surface area contributed by atoms with Crippen molar-refractivity contribution in [3.63, 3.8) is 0 Å². The molecule has 27 heavy (non-hydrogen) atoms. The minimum Gasteiger partial charge on any atom is -0.490 e. The maximum atomic E-state index is 12.0. The number of sulfone groups is 1. The normalized spacial score (nSPS) is 24.2. The Bertz CT molecular complexity index is 863. The van der Waals surface area contributed by atoms with Crippen molar-refractivity contribution in [3.05, 3.63) is 64.8 Å². The zero-order valence-electron chi connectivity index (χ0n) is 15.7. The molecule has 0 bridgehead atoms. The maximum absolute atomic E-state index is 12.0. The molecule has 2 aliphatic heterocycles. The van der Waals surface area contributed by atoms with Crippen LogP contribution in [0.4, 0.5) is 0 Å². The van der Waals surface area contributed by atoms with Crippen LogP contribution < -0.4 is 4.74 Å². The lowest BCUT2D eigenvalue weighted by atomic mass is 9.99. The van der Waals surface area contributed by atoms with Crippen molar-refractivity contribution in [1.29, 1.82) is 0 Å². The van der Waals surface area contributed by atoms with E-state index in [9.17, 15) is 8.42 Å². The molecule has 0 N–H and O–H groups in total. The first-order valence-electron chi connectivity index (χ1n) is 9.42. The standard InChI is InChI=1S/C22H26O4S/c1-18-13-17-27(23,24)16-5-3-2-4-6-22(18)19-7-9-20(10-8-19)26-21-11-14-25-15-12-21/h2,4,6-10,17,21H,3,5,11-12,14-16H2,1H3/b4-2-,22-6+. The van der Waals surface area contributed by atoms with Crippen LogP contribution in [0.5, 0.6) is 5.75 Å². The second-order valence-electron chi connectivity index (χ2n) is 6.86. The third kappa shape index (κ3) is 5.96. The highest BCUT2D eigenvalue weighted by Gasteiger charge is 2.15. The van der Waals surface area contributed by atoms with E-state index in [1.807, 2.05) is 49.4 Å². The third-order valence-electron chi connectivity index (χ3n) is 4.69. The molecule has 144 valence electrons. The van der Waals surface area contributed by atoms with E-state index in [2.05, 4.69) is 5.73 Å². The van der Waals surface area contributed by atoms with Crippen molar-refractivity contribution in [2.45, 2.75) is 38.7 Å². The molecule has 0 amide bonds. The van der Waals surface area contributed by atoms with Crippen molar-refractivity contribution in [1.82, 2.24) is 0 Å². The SMILES string of the molecule is CC1=C=CS(=O)(=O)CCC/C=C\C=C/1c1ccc(OC2CCOCC2)cc1. The largest absolute Gasteiger partial charge is 0.490 e. The van der Waals surface area contributed by atoms with Crippen LogP contribution in [0.15, 0.2) is 59.2 Å². The summed E-state index contributed by atoms with van der Waals surface area (Å²) in [5.74, 6) is 1.00. The Kier molecular flexibility index (Phi) is 6.73. The molecule has 1 aromatic carbocycles. The first-order valence-corrected chi connectivity index (χ1v) is 11.1. The molecule has 0 aliphatic carbocycles. The zero-order valence-corrected chi connectivity index (χ0v) is 16.5. The van der Waals surface area contributed by atoms with Gasteiger partial charge in [-0.25, -0.2) is 8.42 Å². The van der Waals surface area contributed by atoms with E-state index in [4.69, 9.17) is 9.47 Å². The predicted octanol–water partition coefficient (Wildman–Crippen LogP) is 4.45. The average molecular weight is 387 g/mol. The van der Waals surface area contributed by atoms with Gasteiger partial charge in [-0.15, -0.1) is 5.73 Å². The number of benzene rings is 1. The molecule has 3 rings (SSSR count). The molecule has 0 radical (unpaired) electrons. The summed E-state index contributed by atoms with van der Waals surface area (Å²) < 4.78 is 35.4. The molecular weight excluding hydrogens is 360 g/mol. The van der Waals surface area contributed by atoms with Gasteiger partial charge >= 0.3 is 0 Å². The van der Waals surface area contributed by atoms with Crippen molar-refractivity contribution in [2.24, 2.45) is 0 Å². The van der Waals surface area contributed by atoms with E-state index >= 15 is 0 Å². The molecule has 0 aromatic heterocycles. The van der Waals surface area contributed by atoms with E-state index in [0.29, 0.717) is 6.42 Å². The van der Waals surface area contributed by atoms with Crippen molar-refractivity contribution in [3.8, 4) is 5.75 Å². The maximum Gasteiger partial charge on any atom is 0.178 e. The summed E-state index contributed by atoms with van der Waals surface area (Å²) in [5, 5.41) is 1.21. The smallest absolute Gasteiger partial charge is 0.178 e. The third-order valence-corrected chi connectivity index (χ3v) is 6.03. The van der Waals surface area contributed by atoms with Crippen molar-refractivity contribution < 1.29 is 17.9 Å². The van der Waals surface area contributed by atoms with Gasteiger partial charge < -0.3 is 9.47 Å². The Hall–Kier alpha value is -2.07. The lowest BCUT2D eigenvalue weighted by Crippen LogP contribution is -2.25. The highest BCUT2D eigenvalue weighted by atomic mass is 32.2. The number of rotatable bonds is 3. The summed E-state index contributed by atoms with van der Waals surface area (Å²) in [6, 6.07) is 7.95. The molecule has 2 heterocycles. The lowest BCUT2D eigenvalue weighted by Gasteiger charge is -2.23. The highest BCUT2D eigenvalue weighted by molar-refractivity contribution is 7.94. The van der Waals surface area contributed by atoms with Gasteiger partial charge in [0.2, 0.25) is 0 Å². The molecule has 1 fully saturated rings. The van der Waals surface area contributed by atoms with E-state index in [-0.39, 0.29) is 11.9 Å². The van der Waals surface area contributed by atoms with Crippen molar-refractivity contribution >= 4 is 15.4 Å². The molecule has 4 nitrogen and oxygen atoms in total. The fourth-order valence-electron chi connectivity index (χ4n) is 3.11. The molecule has 0 saturated carbocycles. The minimum absolute atomic E-state index is 0.158. The second-order valence-corrected chi connectivity index (χ2v) is 8.83. The summed E-state index contributed by atoms with van der Waals surface area (Å²) in [5.41, 5.74) is 5.71. The van der Waals surface area contributed by atoms with Crippen LogP contribution in [-0.2, 0) is 14.6 Å². The first-order chi connectivity index (χ1) is 13.0. The topological polar surface area (TPSA) is 52.6 Å².